The number of carbonyl (C=O) groups is 2. The number of esters is 1. The number of halogens is 4. The van der Waals surface area contributed by atoms with E-state index in [1.54, 1.807) is 0 Å². The van der Waals surface area contributed by atoms with E-state index in [2.05, 4.69) is 10.1 Å². The first-order chi connectivity index (χ1) is 10.2. The minimum atomic E-state index is -4.89. The molecule has 1 unspecified atom stereocenters. The van der Waals surface area contributed by atoms with Crippen LogP contribution < -0.4 is 10.1 Å². The largest absolute Gasteiger partial charge is 0.573 e. The summed E-state index contributed by atoms with van der Waals surface area (Å²) in [6, 6.07) is 3.37. The summed E-state index contributed by atoms with van der Waals surface area (Å²) in [6.45, 7) is 0.119. The molecule has 1 heterocycles. The van der Waals surface area contributed by atoms with Crippen molar-refractivity contribution < 1.29 is 32.2 Å². The number of cyclic esters (lactones) is 1. The van der Waals surface area contributed by atoms with Crippen LogP contribution in [0.5, 0.6) is 5.75 Å². The third-order valence-corrected chi connectivity index (χ3v) is 3.09. The summed E-state index contributed by atoms with van der Waals surface area (Å²) in [7, 11) is 0. The number of carbonyl (C=O) groups excluding carboxylic acids is 2. The van der Waals surface area contributed by atoms with Crippen molar-refractivity contribution in [3.05, 3.63) is 23.2 Å². The van der Waals surface area contributed by atoms with E-state index < -0.39 is 24.0 Å². The molecule has 1 aliphatic rings. The van der Waals surface area contributed by atoms with Gasteiger partial charge in [0.15, 0.2) is 5.75 Å². The van der Waals surface area contributed by atoms with Gasteiger partial charge in [-0.25, -0.2) is 0 Å². The summed E-state index contributed by atoms with van der Waals surface area (Å²) < 4.78 is 45.5. The molecule has 2 rings (SSSR count). The molecule has 120 valence electrons. The van der Waals surface area contributed by atoms with Crippen LogP contribution in [-0.2, 0) is 14.3 Å². The highest BCUT2D eigenvalue weighted by Gasteiger charge is 2.32. The summed E-state index contributed by atoms with van der Waals surface area (Å²) in [5.74, 6) is -1.82. The van der Waals surface area contributed by atoms with E-state index in [1.165, 1.54) is 6.07 Å². The van der Waals surface area contributed by atoms with Gasteiger partial charge in [0.1, 0.15) is 0 Å². The first kappa shape index (κ1) is 16.4. The van der Waals surface area contributed by atoms with Crippen molar-refractivity contribution in [3.63, 3.8) is 0 Å². The van der Waals surface area contributed by atoms with Crippen LogP contribution in [0.15, 0.2) is 18.2 Å². The maximum atomic E-state index is 12.3. The average Bonchev–Trinajstić information content (AvgIpc) is 2.76. The standard InChI is InChI=1S/C13H11ClF3NO4/c14-8-1-2-10(22-13(15,16)17)9(5-8)18-11(19)3-7-4-12(20)21-6-7/h1-2,5,7H,3-4,6H2,(H,18,19). The minimum Gasteiger partial charge on any atom is -0.465 e. The van der Waals surface area contributed by atoms with E-state index in [4.69, 9.17) is 16.3 Å². The van der Waals surface area contributed by atoms with Gasteiger partial charge < -0.3 is 14.8 Å². The molecular formula is C13H11ClF3NO4. The molecule has 5 nitrogen and oxygen atoms in total. The van der Waals surface area contributed by atoms with Crippen LogP contribution in [0.2, 0.25) is 5.02 Å². The van der Waals surface area contributed by atoms with Gasteiger partial charge in [0.25, 0.3) is 0 Å². The Morgan fingerprint density at radius 1 is 1.45 bits per heavy atom. The molecule has 1 atom stereocenters. The van der Waals surface area contributed by atoms with Gasteiger partial charge >= 0.3 is 12.3 Å². The number of benzene rings is 1. The highest BCUT2D eigenvalue weighted by Crippen LogP contribution is 2.33. The third kappa shape index (κ3) is 4.80. The summed E-state index contributed by atoms with van der Waals surface area (Å²) >= 11 is 5.71. The molecule has 0 bridgehead atoms. The zero-order valence-corrected chi connectivity index (χ0v) is 11.8. The zero-order chi connectivity index (χ0) is 16.3. The molecule has 1 amide bonds. The summed E-state index contributed by atoms with van der Waals surface area (Å²) in [5.41, 5.74) is -0.194. The van der Waals surface area contributed by atoms with Crippen LogP contribution >= 0.6 is 11.6 Å². The molecule has 0 radical (unpaired) electrons. The Hall–Kier alpha value is -1.96. The number of anilines is 1. The van der Waals surface area contributed by atoms with E-state index in [-0.39, 0.29) is 36.1 Å². The first-order valence-electron chi connectivity index (χ1n) is 6.24. The lowest BCUT2D eigenvalue weighted by atomic mass is 10.0. The Morgan fingerprint density at radius 3 is 2.77 bits per heavy atom. The fourth-order valence-corrected chi connectivity index (χ4v) is 2.14. The molecule has 1 saturated heterocycles. The Bertz CT molecular complexity index is 591. The molecule has 1 aromatic rings. The molecule has 1 N–H and O–H groups in total. The molecule has 1 aromatic carbocycles. The van der Waals surface area contributed by atoms with Crippen LogP contribution in [-0.4, -0.2) is 24.8 Å². The van der Waals surface area contributed by atoms with E-state index in [9.17, 15) is 22.8 Å². The molecule has 9 heteroatoms. The molecule has 0 saturated carbocycles. The van der Waals surface area contributed by atoms with Gasteiger partial charge in [-0.2, -0.15) is 0 Å². The SMILES string of the molecule is O=C(CC1COC(=O)C1)Nc1cc(Cl)ccc1OC(F)(F)F. The van der Waals surface area contributed by atoms with Gasteiger partial charge in [0, 0.05) is 17.4 Å². The molecule has 1 fully saturated rings. The fraction of sp³-hybridized carbons (Fsp3) is 0.385. The van der Waals surface area contributed by atoms with E-state index >= 15 is 0 Å². The van der Waals surface area contributed by atoms with Crippen molar-refractivity contribution in [2.45, 2.75) is 19.2 Å². The lowest BCUT2D eigenvalue weighted by Crippen LogP contribution is -2.20. The van der Waals surface area contributed by atoms with Gasteiger partial charge in [-0.3, -0.25) is 9.59 Å². The van der Waals surface area contributed by atoms with Crippen molar-refractivity contribution in [1.29, 1.82) is 0 Å². The van der Waals surface area contributed by atoms with Crippen LogP contribution in [0.1, 0.15) is 12.8 Å². The second-order valence-electron chi connectivity index (χ2n) is 4.69. The van der Waals surface area contributed by atoms with Crippen LogP contribution in [0, 0.1) is 5.92 Å². The monoisotopic (exact) mass is 337 g/mol. The van der Waals surface area contributed by atoms with Gasteiger partial charge in [-0.05, 0) is 18.2 Å². The molecular weight excluding hydrogens is 327 g/mol. The Morgan fingerprint density at radius 2 is 2.18 bits per heavy atom. The van der Waals surface area contributed by atoms with Gasteiger partial charge in [-0.1, -0.05) is 11.6 Å². The predicted octanol–water partition coefficient (Wildman–Crippen LogP) is 3.13. The molecule has 22 heavy (non-hydrogen) atoms. The predicted molar refractivity (Wildman–Crippen MR) is 70.4 cm³/mol. The smallest absolute Gasteiger partial charge is 0.465 e. The van der Waals surface area contributed by atoms with Crippen LogP contribution in [0.4, 0.5) is 18.9 Å². The van der Waals surface area contributed by atoms with Crippen molar-refractivity contribution in [2.24, 2.45) is 5.92 Å². The number of amides is 1. The maximum absolute atomic E-state index is 12.3. The lowest BCUT2D eigenvalue weighted by Gasteiger charge is -2.15. The van der Waals surface area contributed by atoms with Crippen LogP contribution in [0.3, 0.4) is 0 Å². The number of nitrogens with one attached hydrogen (secondary N) is 1. The Balaban J connectivity index is 2.05. The van der Waals surface area contributed by atoms with Crippen molar-refractivity contribution in [2.75, 3.05) is 11.9 Å². The second kappa shape index (κ2) is 6.43. The lowest BCUT2D eigenvalue weighted by molar-refractivity contribution is -0.274. The summed E-state index contributed by atoms with van der Waals surface area (Å²) in [4.78, 5) is 22.8. The zero-order valence-electron chi connectivity index (χ0n) is 11.1. The van der Waals surface area contributed by atoms with Gasteiger partial charge in [-0.15, -0.1) is 13.2 Å². The number of hydrogen-bond donors (Lipinski definition) is 1. The number of rotatable bonds is 4. The quantitative estimate of drug-likeness (QED) is 0.857. The number of hydrogen-bond acceptors (Lipinski definition) is 4. The molecule has 0 aliphatic carbocycles. The van der Waals surface area contributed by atoms with Crippen LogP contribution in [0.25, 0.3) is 0 Å². The summed E-state index contributed by atoms with van der Waals surface area (Å²) in [5, 5.41) is 2.44. The van der Waals surface area contributed by atoms with Gasteiger partial charge in [0.2, 0.25) is 5.91 Å². The normalized spacial score (nSPS) is 18.0. The molecule has 0 aromatic heterocycles. The Labute approximate surface area is 128 Å². The van der Waals surface area contributed by atoms with Crippen molar-refractivity contribution >= 4 is 29.2 Å². The van der Waals surface area contributed by atoms with Gasteiger partial charge in [0.05, 0.1) is 18.7 Å². The van der Waals surface area contributed by atoms with E-state index in [0.717, 1.165) is 12.1 Å². The second-order valence-corrected chi connectivity index (χ2v) is 5.13. The average molecular weight is 338 g/mol. The van der Waals surface area contributed by atoms with Crippen molar-refractivity contribution in [3.8, 4) is 5.75 Å². The highest BCUT2D eigenvalue weighted by atomic mass is 35.5. The molecule has 1 aliphatic heterocycles. The number of ether oxygens (including phenoxy) is 2. The highest BCUT2D eigenvalue weighted by molar-refractivity contribution is 6.31. The first-order valence-corrected chi connectivity index (χ1v) is 6.61. The summed E-state index contributed by atoms with van der Waals surface area (Å²) in [6.07, 6.45) is -4.84. The molecule has 0 spiro atoms. The fourth-order valence-electron chi connectivity index (χ4n) is 1.97. The minimum absolute atomic E-state index is 0.0519. The van der Waals surface area contributed by atoms with E-state index in [1.807, 2.05) is 0 Å². The topological polar surface area (TPSA) is 64.6 Å². The Kier molecular flexibility index (Phi) is 4.80. The third-order valence-electron chi connectivity index (χ3n) is 2.85. The maximum Gasteiger partial charge on any atom is 0.573 e. The van der Waals surface area contributed by atoms with Crippen molar-refractivity contribution in [1.82, 2.24) is 0 Å². The van der Waals surface area contributed by atoms with E-state index in [0.29, 0.717) is 0 Å². The number of alkyl halides is 3.